The molecule has 0 radical (unpaired) electrons. The van der Waals surface area contributed by atoms with E-state index in [-0.39, 0.29) is 5.65 Å². The minimum atomic E-state index is -4.71. The summed E-state index contributed by atoms with van der Waals surface area (Å²) in [6, 6.07) is 13.0. The Balaban J connectivity index is 2.16. The third-order valence-electron chi connectivity index (χ3n) is 3.45. The monoisotopic (exact) mass is 319 g/mol. The molecule has 0 fully saturated rings. The molecule has 1 amide bonds. The molecule has 23 heavy (non-hydrogen) atoms. The van der Waals surface area contributed by atoms with Gasteiger partial charge in [0.15, 0.2) is 5.69 Å². The van der Waals surface area contributed by atoms with Crippen molar-refractivity contribution < 1.29 is 18.0 Å². The van der Waals surface area contributed by atoms with Crippen molar-refractivity contribution in [2.24, 2.45) is 0 Å². The van der Waals surface area contributed by atoms with E-state index in [0.717, 1.165) is 4.40 Å². The van der Waals surface area contributed by atoms with Crippen molar-refractivity contribution >= 4 is 17.2 Å². The summed E-state index contributed by atoms with van der Waals surface area (Å²) in [5.74, 6) is -0.776. The van der Waals surface area contributed by atoms with Gasteiger partial charge in [0.1, 0.15) is 11.3 Å². The maximum atomic E-state index is 13.3. The van der Waals surface area contributed by atoms with Gasteiger partial charge in [-0.15, -0.1) is 0 Å². The molecule has 7 heteroatoms. The average molecular weight is 319 g/mol. The number of fused-ring (bicyclic) bond motifs is 1. The summed E-state index contributed by atoms with van der Waals surface area (Å²) in [4.78, 5) is 17.4. The number of amides is 1. The number of carbonyl (C=O) groups is 1. The molecule has 0 atom stereocenters. The van der Waals surface area contributed by atoms with Gasteiger partial charge in [-0.3, -0.25) is 9.20 Å². The minimum absolute atomic E-state index is 0.0737. The predicted octanol–water partition coefficient (Wildman–Crippen LogP) is 3.63. The van der Waals surface area contributed by atoms with Crippen LogP contribution in [0.4, 0.5) is 18.9 Å². The third-order valence-corrected chi connectivity index (χ3v) is 3.45. The lowest BCUT2D eigenvalue weighted by molar-refractivity contribution is -0.141. The molecule has 2 heterocycles. The highest BCUT2D eigenvalue weighted by Gasteiger charge is 2.40. The molecule has 4 nitrogen and oxygen atoms in total. The second kappa shape index (κ2) is 5.42. The lowest BCUT2D eigenvalue weighted by atomic mass is 10.2. The molecule has 1 aromatic carbocycles. The van der Waals surface area contributed by atoms with Gasteiger partial charge < -0.3 is 4.90 Å². The van der Waals surface area contributed by atoms with Crippen molar-refractivity contribution in [3.8, 4) is 0 Å². The number of nitrogens with zero attached hydrogens (tertiary/aromatic N) is 3. The number of aromatic nitrogens is 2. The summed E-state index contributed by atoms with van der Waals surface area (Å²) in [5, 5.41) is 0. The molecule has 0 unspecified atom stereocenters. The molecular formula is C16H12F3N3O. The van der Waals surface area contributed by atoms with Crippen LogP contribution in [-0.2, 0) is 6.18 Å². The Morgan fingerprint density at radius 1 is 1.09 bits per heavy atom. The summed E-state index contributed by atoms with van der Waals surface area (Å²) in [6.45, 7) is 0. The van der Waals surface area contributed by atoms with Gasteiger partial charge in [0, 0.05) is 18.9 Å². The van der Waals surface area contributed by atoms with Crippen LogP contribution in [0.2, 0.25) is 0 Å². The van der Waals surface area contributed by atoms with Crippen LogP contribution >= 0.6 is 0 Å². The molecule has 0 aliphatic heterocycles. The largest absolute Gasteiger partial charge is 0.435 e. The highest BCUT2D eigenvalue weighted by molar-refractivity contribution is 6.06. The molecule has 0 saturated carbocycles. The summed E-state index contributed by atoms with van der Waals surface area (Å²) < 4.78 is 41.0. The summed E-state index contributed by atoms with van der Waals surface area (Å²) in [5.41, 5.74) is -1.11. The van der Waals surface area contributed by atoms with Crippen molar-refractivity contribution in [1.82, 2.24) is 9.38 Å². The lowest BCUT2D eigenvalue weighted by Gasteiger charge is -2.18. The van der Waals surface area contributed by atoms with Crippen molar-refractivity contribution in [2.75, 3.05) is 11.9 Å². The zero-order chi connectivity index (χ0) is 16.6. The number of hydrogen-bond acceptors (Lipinski definition) is 2. The van der Waals surface area contributed by atoms with Crippen molar-refractivity contribution in [3.05, 3.63) is 66.1 Å². The Bertz CT molecular complexity index is 856. The normalized spacial score (nSPS) is 11.7. The zero-order valence-corrected chi connectivity index (χ0v) is 12.1. The standard InChI is InChI=1S/C16H12F3N3O/c1-21(11-7-3-2-4-8-11)15(23)13-14(16(17,18)19)20-12-9-5-6-10-22(12)13/h2-10H,1H3. The van der Waals surface area contributed by atoms with Gasteiger partial charge in [0.05, 0.1) is 0 Å². The van der Waals surface area contributed by atoms with Crippen LogP contribution in [0.1, 0.15) is 16.2 Å². The number of imidazole rings is 1. The quantitative estimate of drug-likeness (QED) is 0.723. The highest BCUT2D eigenvalue weighted by atomic mass is 19.4. The Hall–Kier alpha value is -2.83. The number of rotatable bonds is 2. The maximum absolute atomic E-state index is 13.3. The molecule has 118 valence electrons. The summed E-state index contributed by atoms with van der Waals surface area (Å²) in [7, 11) is 1.43. The molecular weight excluding hydrogens is 307 g/mol. The second-order valence-electron chi connectivity index (χ2n) is 4.94. The fourth-order valence-corrected chi connectivity index (χ4v) is 2.33. The van der Waals surface area contributed by atoms with Crippen molar-refractivity contribution in [1.29, 1.82) is 0 Å². The molecule has 0 saturated heterocycles. The number of hydrogen-bond donors (Lipinski definition) is 0. The van der Waals surface area contributed by atoms with Crippen LogP contribution in [0, 0.1) is 0 Å². The maximum Gasteiger partial charge on any atom is 0.435 e. The average Bonchev–Trinajstić information content (AvgIpc) is 2.94. The van der Waals surface area contributed by atoms with Gasteiger partial charge in [0.25, 0.3) is 5.91 Å². The first kappa shape index (κ1) is 15.1. The molecule has 0 aliphatic rings. The van der Waals surface area contributed by atoms with E-state index in [1.165, 1.54) is 24.2 Å². The van der Waals surface area contributed by atoms with E-state index in [1.54, 1.807) is 42.5 Å². The second-order valence-corrected chi connectivity index (χ2v) is 4.94. The van der Waals surface area contributed by atoms with Crippen LogP contribution < -0.4 is 4.90 Å². The molecule has 0 aliphatic carbocycles. The first-order valence-electron chi connectivity index (χ1n) is 6.77. The van der Waals surface area contributed by atoms with E-state index >= 15 is 0 Å². The van der Waals surface area contributed by atoms with Gasteiger partial charge in [-0.25, -0.2) is 4.98 Å². The van der Waals surface area contributed by atoms with E-state index in [1.807, 2.05) is 0 Å². The zero-order valence-electron chi connectivity index (χ0n) is 12.1. The number of para-hydroxylation sites is 1. The number of benzene rings is 1. The molecule has 0 spiro atoms. The number of halogens is 3. The van der Waals surface area contributed by atoms with E-state index in [0.29, 0.717) is 5.69 Å². The molecule has 3 aromatic rings. The van der Waals surface area contributed by atoms with E-state index in [9.17, 15) is 18.0 Å². The topological polar surface area (TPSA) is 37.6 Å². The Kier molecular flexibility index (Phi) is 3.55. The Morgan fingerprint density at radius 2 is 1.74 bits per heavy atom. The first-order valence-corrected chi connectivity index (χ1v) is 6.77. The van der Waals surface area contributed by atoms with Crippen LogP contribution in [0.15, 0.2) is 54.7 Å². The predicted molar refractivity (Wildman–Crippen MR) is 79.4 cm³/mol. The van der Waals surface area contributed by atoms with Gasteiger partial charge in [-0.05, 0) is 24.3 Å². The van der Waals surface area contributed by atoms with Gasteiger partial charge in [-0.1, -0.05) is 24.3 Å². The number of alkyl halides is 3. The van der Waals surface area contributed by atoms with Gasteiger partial charge >= 0.3 is 6.18 Å². The first-order chi connectivity index (χ1) is 10.9. The minimum Gasteiger partial charge on any atom is -0.310 e. The number of pyridine rings is 1. The van der Waals surface area contributed by atoms with Crippen molar-refractivity contribution in [3.63, 3.8) is 0 Å². The molecule has 2 aromatic heterocycles. The Labute approximate surface area is 129 Å². The molecule has 0 bridgehead atoms. The van der Waals surface area contributed by atoms with Crippen molar-refractivity contribution in [2.45, 2.75) is 6.18 Å². The highest BCUT2D eigenvalue weighted by Crippen LogP contribution is 2.33. The number of carbonyl (C=O) groups excluding carboxylic acids is 1. The van der Waals surface area contributed by atoms with Crippen LogP contribution in [0.3, 0.4) is 0 Å². The van der Waals surface area contributed by atoms with Crippen LogP contribution in [0.25, 0.3) is 5.65 Å². The van der Waals surface area contributed by atoms with E-state index in [2.05, 4.69) is 4.98 Å². The SMILES string of the molecule is CN(C(=O)c1c(C(F)(F)F)nc2ccccn12)c1ccccc1. The molecule has 0 N–H and O–H groups in total. The lowest BCUT2D eigenvalue weighted by Crippen LogP contribution is -2.29. The van der Waals surface area contributed by atoms with Gasteiger partial charge in [0.2, 0.25) is 0 Å². The van der Waals surface area contributed by atoms with E-state index in [4.69, 9.17) is 0 Å². The van der Waals surface area contributed by atoms with Gasteiger partial charge in [-0.2, -0.15) is 13.2 Å². The fraction of sp³-hybridized carbons (Fsp3) is 0.125. The molecule has 3 rings (SSSR count). The fourth-order valence-electron chi connectivity index (χ4n) is 2.33. The third kappa shape index (κ3) is 2.65. The number of anilines is 1. The summed E-state index contributed by atoms with van der Waals surface area (Å²) in [6.07, 6.45) is -3.32. The Morgan fingerprint density at radius 3 is 2.39 bits per heavy atom. The summed E-state index contributed by atoms with van der Waals surface area (Å²) >= 11 is 0. The van der Waals surface area contributed by atoms with Crippen LogP contribution in [-0.4, -0.2) is 22.3 Å². The van der Waals surface area contributed by atoms with E-state index < -0.39 is 23.5 Å². The van der Waals surface area contributed by atoms with Crippen LogP contribution in [0.5, 0.6) is 0 Å². The smallest absolute Gasteiger partial charge is 0.310 e.